The molecule has 0 unspecified atom stereocenters. The molecule has 0 atom stereocenters. The lowest BCUT2D eigenvalue weighted by Crippen LogP contribution is -2.55. The molecule has 0 aliphatic heterocycles. The molecule has 0 radical (unpaired) electrons. The first-order valence-electron chi connectivity index (χ1n) is 9.07. The second kappa shape index (κ2) is 6.76. The van der Waals surface area contributed by atoms with Crippen LogP contribution in [-0.2, 0) is 0 Å². The van der Waals surface area contributed by atoms with E-state index in [-0.39, 0.29) is 0 Å². The Morgan fingerprint density at radius 2 is 0.840 bits per heavy atom. The summed E-state index contributed by atoms with van der Waals surface area (Å²) in [7, 11) is -2.13. The molecule has 1 aromatic heterocycles. The molecule has 1 heterocycles. The first-order valence-corrected chi connectivity index (χ1v) is 17.1. The molecule has 0 saturated heterocycles. The van der Waals surface area contributed by atoms with Gasteiger partial charge in [0.05, 0.1) is 16.1 Å². The van der Waals surface area contributed by atoms with Gasteiger partial charge in [-0.3, -0.25) is 0 Å². The van der Waals surface area contributed by atoms with E-state index >= 15 is 0 Å². The van der Waals surface area contributed by atoms with Gasteiger partial charge in [-0.15, -0.1) is 8.19 Å². The summed E-state index contributed by atoms with van der Waals surface area (Å²) in [5, 5.41) is 6.73. The molecule has 0 bridgehead atoms. The van der Waals surface area contributed by atoms with E-state index in [1.54, 1.807) is 21.0 Å². The summed E-state index contributed by atoms with van der Waals surface area (Å²) in [5.74, 6) is 0. The van der Waals surface area contributed by atoms with Crippen molar-refractivity contribution in [3.05, 3.63) is 60.7 Å². The Balaban J connectivity index is 2.40. The maximum Gasteiger partial charge on any atom is 0.0787 e. The number of rotatable bonds is 4. The van der Waals surface area contributed by atoms with Gasteiger partial charge in [-0.25, -0.2) is 0 Å². The molecule has 0 aliphatic rings. The normalized spacial score (nSPS) is 12.4. The van der Waals surface area contributed by atoms with Crippen LogP contribution in [0.3, 0.4) is 0 Å². The highest BCUT2D eigenvalue weighted by Crippen LogP contribution is 2.39. The van der Waals surface area contributed by atoms with E-state index in [1.807, 2.05) is 0 Å². The standard InChI is InChI=1S/C22H29PSi2/c1-24(2,3)21-19(17-13-9-7-10-14-17)23-20(22(21)25(4,5)6)18-15-11-8-12-16-18/h7-16,23H,1-6H3. The highest BCUT2D eigenvalue weighted by Gasteiger charge is 2.34. The lowest BCUT2D eigenvalue weighted by Gasteiger charge is -2.28. The molecule has 0 amide bonds. The van der Waals surface area contributed by atoms with E-state index in [0.29, 0.717) is 0 Å². The summed E-state index contributed by atoms with van der Waals surface area (Å²) in [6.07, 6.45) is 0. The molecule has 3 aromatic rings. The predicted octanol–water partition coefficient (Wildman–Crippen LogP) is 6.14. The van der Waals surface area contributed by atoms with Crippen molar-refractivity contribution in [1.29, 1.82) is 0 Å². The smallest absolute Gasteiger partial charge is 0.0787 e. The Labute approximate surface area is 156 Å². The van der Waals surface area contributed by atoms with Gasteiger partial charge in [0.1, 0.15) is 0 Å². The fourth-order valence-corrected chi connectivity index (χ4v) is 13.7. The predicted molar refractivity (Wildman–Crippen MR) is 123 cm³/mol. The molecule has 0 spiro atoms. The fraction of sp³-hybridized carbons (Fsp3) is 0.273. The minimum atomic E-state index is -1.45. The minimum absolute atomic E-state index is 0.782. The van der Waals surface area contributed by atoms with Gasteiger partial charge in [-0.1, -0.05) is 99.9 Å². The molecular formula is C22H29PSi2. The van der Waals surface area contributed by atoms with Crippen LogP contribution in [0.1, 0.15) is 0 Å². The van der Waals surface area contributed by atoms with Crippen LogP contribution in [0, 0.1) is 0 Å². The van der Waals surface area contributed by atoms with Crippen LogP contribution in [0.2, 0.25) is 39.3 Å². The Kier molecular flexibility index (Phi) is 4.98. The molecular weight excluding hydrogens is 351 g/mol. The molecule has 0 aliphatic carbocycles. The van der Waals surface area contributed by atoms with Gasteiger partial charge >= 0.3 is 0 Å². The summed E-state index contributed by atoms with van der Waals surface area (Å²) in [4.78, 5) is 0. The van der Waals surface area contributed by atoms with Gasteiger partial charge in [0, 0.05) is 0 Å². The van der Waals surface area contributed by atoms with Gasteiger partial charge in [0.25, 0.3) is 0 Å². The summed E-state index contributed by atoms with van der Waals surface area (Å²) >= 11 is 0. The zero-order valence-electron chi connectivity index (χ0n) is 16.3. The van der Waals surface area contributed by atoms with Gasteiger partial charge in [-0.05, 0) is 32.1 Å². The molecule has 130 valence electrons. The van der Waals surface area contributed by atoms with E-state index in [2.05, 4.69) is 99.9 Å². The second-order valence-corrected chi connectivity index (χ2v) is 20.1. The summed E-state index contributed by atoms with van der Waals surface area (Å²) in [5.41, 5.74) is 2.86. The van der Waals surface area contributed by atoms with Gasteiger partial charge in [0.2, 0.25) is 0 Å². The van der Waals surface area contributed by atoms with Crippen LogP contribution in [-0.4, -0.2) is 16.1 Å². The van der Waals surface area contributed by atoms with Crippen LogP contribution >= 0.6 is 8.19 Å². The monoisotopic (exact) mass is 380 g/mol. The van der Waals surface area contributed by atoms with E-state index in [0.717, 1.165) is 8.19 Å². The Bertz CT molecular complexity index is 779. The second-order valence-electron chi connectivity index (χ2n) is 8.86. The number of benzene rings is 2. The molecule has 0 saturated carbocycles. The summed E-state index contributed by atoms with van der Waals surface area (Å²) in [6, 6.07) is 22.2. The molecule has 0 nitrogen and oxygen atoms in total. The van der Waals surface area contributed by atoms with E-state index in [9.17, 15) is 0 Å². The SMILES string of the molecule is C[Si](C)(C)c1c(-c2ccccc2)[pH]c(-c2ccccc2)c1[Si](C)(C)C. The number of hydrogen-bond donors (Lipinski definition) is 0. The third-order valence-corrected chi connectivity index (χ3v) is 11.0. The zero-order chi connectivity index (χ0) is 18.2. The lowest BCUT2D eigenvalue weighted by molar-refractivity contribution is 1.67. The topological polar surface area (TPSA) is 0 Å². The Morgan fingerprint density at radius 1 is 0.520 bits per heavy atom. The van der Waals surface area contributed by atoms with Gasteiger partial charge < -0.3 is 0 Å². The maximum atomic E-state index is 2.52. The summed E-state index contributed by atoms with van der Waals surface area (Å²) in [6.45, 7) is 15.1. The third-order valence-electron chi connectivity index (χ3n) is 4.62. The van der Waals surface area contributed by atoms with E-state index in [4.69, 9.17) is 0 Å². The molecule has 3 rings (SSSR count). The van der Waals surface area contributed by atoms with E-state index in [1.165, 1.54) is 11.1 Å². The highest BCUT2D eigenvalue weighted by atomic mass is 31.0. The van der Waals surface area contributed by atoms with Crippen molar-refractivity contribution in [2.75, 3.05) is 0 Å². The van der Waals surface area contributed by atoms with Crippen molar-refractivity contribution in [3.8, 4) is 21.7 Å². The number of hydrogen-bond acceptors (Lipinski definition) is 0. The quantitative estimate of drug-likeness (QED) is 0.477. The van der Waals surface area contributed by atoms with Crippen molar-refractivity contribution in [1.82, 2.24) is 0 Å². The maximum absolute atomic E-state index is 2.52. The molecule has 0 fully saturated rings. The molecule has 2 aromatic carbocycles. The van der Waals surface area contributed by atoms with Crippen molar-refractivity contribution in [3.63, 3.8) is 0 Å². The highest BCUT2D eigenvalue weighted by molar-refractivity contribution is 7.41. The van der Waals surface area contributed by atoms with Crippen LogP contribution in [0.25, 0.3) is 21.7 Å². The average Bonchev–Trinajstić information content (AvgIpc) is 2.98. The Hall–Kier alpha value is -1.35. The molecule has 0 N–H and O–H groups in total. The first kappa shape index (κ1) is 18.4. The average molecular weight is 381 g/mol. The van der Waals surface area contributed by atoms with Crippen LogP contribution in [0.5, 0.6) is 0 Å². The van der Waals surface area contributed by atoms with Gasteiger partial charge in [0.15, 0.2) is 0 Å². The zero-order valence-corrected chi connectivity index (χ0v) is 19.3. The van der Waals surface area contributed by atoms with E-state index < -0.39 is 16.1 Å². The van der Waals surface area contributed by atoms with Crippen molar-refractivity contribution in [2.45, 2.75) is 39.3 Å². The minimum Gasteiger partial charge on any atom is -0.124 e. The van der Waals surface area contributed by atoms with Crippen molar-refractivity contribution >= 4 is 34.7 Å². The third kappa shape index (κ3) is 3.77. The van der Waals surface area contributed by atoms with Crippen molar-refractivity contribution in [2.24, 2.45) is 0 Å². The van der Waals surface area contributed by atoms with Gasteiger partial charge in [-0.2, -0.15) is 0 Å². The molecule has 25 heavy (non-hydrogen) atoms. The first-order chi connectivity index (χ1) is 11.7. The van der Waals surface area contributed by atoms with Crippen LogP contribution in [0.15, 0.2) is 60.7 Å². The lowest BCUT2D eigenvalue weighted by atomic mass is 10.1. The Morgan fingerprint density at radius 3 is 1.12 bits per heavy atom. The fourth-order valence-electron chi connectivity index (χ4n) is 3.64. The largest absolute Gasteiger partial charge is 0.124 e. The van der Waals surface area contributed by atoms with Crippen LogP contribution in [0.4, 0.5) is 0 Å². The summed E-state index contributed by atoms with van der Waals surface area (Å²) < 4.78 is 0. The van der Waals surface area contributed by atoms with Crippen LogP contribution < -0.4 is 10.4 Å². The molecule has 3 heteroatoms. The van der Waals surface area contributed by atoms with Crippen molar-refractivity contribution < 1.29 is 0 Å².